The van der Waals surface area contributed by atoms with Gasteiger partial charge < -0.3 is 15.5 Å². The van der Waals surface area contributed by atoms with Crippen LogP contribution in [0.25, 0.3) is 0 Å². The van der Waals surface area contributed by atoms with Gasteiger partial charge in [-0.1, -0.05) is 18.2 Å². The molecule has 2 aromatic rings. The molecule has 1 saturated heterocycles. The first kappa shape index (κ1) is 32.8. The molecular formula is C29H37F3N4O6S2. The SMILES string of the molecule is Cc1cc(S(=O)(=O)NC2CCC(O)CC2)ccc1CCS(=O)(=O)N1CCC2(CC1)NC(c1cccc(C(F)(F)F)c1)=NC2O. The fourth-order valence-electron chi connectivity index (χ4n) is 6.08. The van der Waals surface area contributed by atoms with Gasteiger partial charge in [0.05, 0.1) is 27.9 Å². The molecule has 0 radical (unpaired) electrons. The summed E-state index contributed by atoms with van der Waals surface area (Å²) in [6.45, 7) is 1.92. The number of amidine groups is 1. The van der Waals surface area contributed by atoms with Gasteiger partial charge in [-0.05, 0) is 87.3 Å². The molecular weight excluding hydrogens is 621 g/mol. The Balaban J connectivity index is 1.17. The van der Waals surface area contributed by atoms with Crippen LogP contribution in [0.5, 0.6) is 0 Å². The number of halogens is 3. The fraction of sp³-hybridized carbons (Fsp3) is 0.552. The number of nitrogens with one attached hydrogen (secondary N) is 2. The van der Waals surface area contributed by atoms with Crippen molar-refractivity contribution in [2.75, 3.05) is 18.8 Å². The molecule has 2 aliphatic heterocycles. The van der Waals surface area contributed by atoms with E-state index in [-0.39, 0.29) is 60.4 Å². The van der Waals surface area contributed by atoms with Crippen LogP contribution >= 0.6 is 0 Å². The van der Waals surface area contributed by atoms with Gasteiger partial charge in [-0.2, -0.15) is 13.2 Å². The van der Waals surface area contributed by atoms with E-state index in [1.165, 1.54) is 28.6 Å². The number of hydrogen-bond donors (Lipinski definition) is 4. The van der Waals surface area contributed by atoms with Crippen molar-refractivity contribution in [2.24, 2.45) is 4.99 Å². The molecule has 242 valence electrons. The van der Waals surface area contributed by atoms with E-state index >= 15 is 0 Å². The highest BCUT2D eigenvalue weighted by Gasteiger charge is 2.47. The number of nitrogens with zero attached hydrogens (tertiary/aromatic N) is 2. The summed E-state index contributed by atoms with van der Waals surface area (Å²) in [5.74, 6) is -0.0639. The smallest absolute Gasteiger partial charge is 0.393 e. The lowest BCUT2D eigenvalue weighted by Crippen LogP contribution is -2.58. The van der Waals surface area contributed by atoms with Gasteiger partial charge in [-0.25, -0.2) is 30.9 Å². The highest BCUT2D eigenvalue weighted by Crippen LogP contribution is 2.34. The zero-order valence-corrected chi connectivity index (χ0v) is 25.8. The van der Waals surface area contributed by atoms with Crippen LogP contribution in [0, 0.1) is 6.92 Å². The third kappa shape index (κ3) is 7.12. The van der Waals surface area contributed by atoms with Gasteiger partial charge in [-0.15, -0.1) is 0 Å². The monoisotopic (exact) mass is 658 g/mol. The number of hydrogen-bond acceptors (Lipinski definition) is 8. The first-order valence-corrected chi connectivity index (χ1v) is 17.7. The van der Waals surface area contributed by atoms with Crippen molar-refractivity contribution in [1.29, 1.82) is 0 Å². The number of aryl methyl sites for hydroxylation is 2. The second-order valence-corrected chi connectivity index (χ2v) is 15.7. The van der Waals surface area contributed by atoms with Gasteiger partial charge in [0, 0.05) is 24.7 Å². The predicted molar refractivity (Wildman–Crippen MR) is 158 cm³/mol. The topological polar surface area (TPSA) is 148 Å². The zero-order valence-electron chi connectivity index (χ0n) is 24.2. The molecule has 4 N–H and O–H groups in total. The number of piperidine rings is 1. The van der Waals surface area contributed by atoms with Crippen molar-refractivity contribution < 1.29 is 40.2 Å². The summed E-state index contributed by atoms with van der Waals surface area (Å²) in [5.41, 5.74) is -0.283. The van der Waals surface area contributed by atoms with Gasteiger partial charge in [-0.3, -0.25) is 0 Å². The van der Waals surface area contributed by atoms with E-state index in [1.54, 1.807) is 13.0 Å². The minimum atomic E-state index is -4.53. The maximum absolute atomic E-state index is 13.2. The Bertz CT molecular complexity index is 1620. The van der Waals surface area contributed by atoms with Crippen molar-refractivity contribution in [3.8, 4) is 0 Å². The van der Waals surface area contributed by atoms with Crippen LogP contribution in [-0.4, -0.2) is 79.9 Å². The van der Waals surface area contributed by atoms with Gasteiger partial charge in [0.1, 0.15) is 5.84 Å². The minimum Gasteiger partial charge on any atom is -0.393 e. The van der Waals surface area contributed by atoms with Crippen LogP contribution in [0.2, 0.25) is 0 Å². The molecule has 1 aliphatic carbocycles. The molecule has 0 bridgehead atoms. The number of aliphatic hydroxyl groups excluding tert-OH is 2. The van der Waals surface area contributed by atoms with E-state index in [1.807, 2.05) is 0 Å². The molecule has 3 aliphatic rings. The molecule has 2 fully saturated rings. The van der Waals surface area contributed by atoms with E-state index in [0.29, 0.717) is 36.8 Å². The summed E-state index contributed by atoms with van der Waals surface area (Å²) in [6.07, 6.45) is -3.37. The Labute approximate surface area is 255 Å². The number of rotatable bonds is 8. The highest BCUT2D eigenvalue weighted by molar-refractivity contribution is 7.89. The summed E-state index contributed by atoms with van der Waals surface area (Å²) in [6, 6.07) is 9.03. The van der Waals surface area contributed by atoms with Crippen LogP contribution in [0.3, 0.4) is 0 Å². The Hall–Kier alpha value is -2.56. The van der Waals surface area contributed by atoms with Crippen LogP contribution < -0.4 is 10.0 Å². The predicted octanol–water partition coefficient (Wildman–Crippen LogP) is 2.67. The average Bonchev–Trinajstić information content (AvgIpc) is 3.28. The molecule has 1 saturated carbocycles. The number of alkyl halides is 3. The molecule has 1 spiro atoms. The van der Waals surface area contributed by atoms with Gasteiger partial charge in [0.2, 0.25) is 20.0 Å². The van der Waals surface area contributed by atoms with E-state index in [2.05, 4.69) is 15.0 Å². The normalized spacial score (nSPS) is 24.7. The standard InChI is InChI=1S/C29H37F3N4O6S2/c1-19-17-25(44(41,42)35-23-6-8-24(37)9-7-23)10-5-20(19)11-16-43(39,40)36-14-12-28(13-15-36)27(38)33-26(34-28)21-3-2-4-22(18-21)29(30,31)32/h2-5,10,17-18,23-24,27,35,37-38H,6-9,11-16H2,1H3,(H,33,34). The number of sulfonamides is 2. The van der Waals surface area contributed by atoms with Crippen LogP contribution in [0.4, 0.5) is 13.2 Å². The summed E-state index contributed by atoms with van der Waals surface area (Å²) in [5, 5.41) is 23.5. The molecule has 0 aromatic heterocycles. The Morgan fingerprint density at radius 2 is 1.70 bits per heavy atom. The molecule has 15 heteroatoms. The largest absolute Gasteiger partial charge is 0.416 e. The summed E-state index contributed by atoms with van der Waals surface area (Å²) >= 11 is 0. The van der Waals surface area contributed by atoms with Crippen molar-refractivity contribution in [1.82, 2.24) is 14.3 Å². The number of benzene rings is 2. The highest BCUT2D eigenvalue weighted by atomic mass is 32.2. The number of aliphatic hydroxyl groups is 2. The van der Waals surface area contributed by atoms with E-state index < -0.39 is 49.7 Å². The number of aliphatic imine (C=N–C) groups is 1. The fourth-order valence-corrected chi connectivity index (χ4v) is 8.94. The Morgan fingerprint density at radius 3 is 2.34 bits per heavy atom. The van der Waals surface area contributed by atoms with Crippen LogP contribution in [-0.2, 0) is 32.6 Å². The van der Waals surface area contributed by atoms with Crippen molar-refractivity contribution in [2.45, 2.75) is 86.9 Å². The minimum absolute atomic E-state index is 0.0951. The Morgan fingerprint density at radius 1 is 1.02 bits per heavy atom. The van der Waals surface area contributed by atoms with E-state index in [0.717, 1.165) is 12.1 Å². The summed E-state index contributed by atoms with van der Waals surface area (Å²) < 4.78 is 95.8. The first-order valence-electron chi connectivity index (χ1n) is 14.6. The van der Waals surface area contributed by atoms with Crippen molar-refractivity contribution >= 4 is 25.9 Å². The second-order valence-electron chi connectivity index (χ2n) is 11.9. The van der Waals surface area contributed by atoms with Crippen molar-refractivity contribution in [3.63, 3.8) is 0 Å². The molecule has 1 atom stereocenters. The van der Waals surface area contributed by atoms with Crippen molar-refractivity contribution in [3.05, 3.63) is 64.7 Å². The maximum atomic E-state index is 13.2. The maximum Gasteiger partial charge on any atom is 0.416 e. The first-order chi connectivity index (χ1) is 20.6. The van der Waals surface area contributed by atoms with Gasteiger partial charge in [0.25, 0.3) is 0 Å². The lowest BCUT2D eigenvalue weighted by Gasteiger charge is -2.40. The lowest BCUT2D eigenvalue weighted by molar-refractivity contribution is -0.137. The molecule has 1 unspecified atom stereocenters. The molecule has 5 rings (SSSR count). The lowest BCUT2D eigenvalue weighted by atomic mass is 9.87. The van der Waals surface area contributed by atoms with Crippen LogP contribution in [0.15, 0.2) is 52.4 Å². The molecule has 10 nitrogen and oxygen atoms in total. The third-order valence-corrected chi connectivity index (χ3v) is 12.2. The molecule has 2 heterocycles. The van der Waals surface area contributed by atoms with Gasteiger partial charge in [0.15, 0.2) is 6.23 Å². The second kappa shape index (κ2) is 12.3. The summed E-state index contributed by atoms with van der Waals surface area (Å²) in [4.78, 5) is 4.26. The molecule has 44 heavy (non-hydrogen) atoms. The van der Waals surface area contributed by atoms with E-state index in [4.69, 9.17) is 0 Å². The third-order valence-electron chi connectivity index (χ3n) is 8.86. The average molecular weight is 659 g/mol. The Kier molecular flexibility index (Phi) is 9.19. The molecule has 2 aromatic carbocycles. The van der Waals surface area contributed by atoms with E-state index in [9.17, 15) is 40.2 Å². The quantitative estimate of drug-likeness (QED) is 0.341. The molecule has 0 amide bonds. The summed E-state index contributed by atoms with van der Waals surface area (Å²) in [7, 11) is -7.47. The van der Waals surface area contributed by atoms with Gasteiger partial charge >= 0.3 is 6.18 Å². The zero-order chi connectivity index (χ0) is 31.9. The van der Waals surface area contributed by atoms with Crippen LogP contribution in [0.1, 0.15) is 60.8 Å².